The van der Waals surface area contributed by atoms with Gasteiger partial charge in [-0.3, -0.25) is 9.36 Å². The molecule has 1 unspecified atom stereocenters. The molecule has 1 aromatic heterocycles. The molecule has 0 aliphatic carbocycles. The maximum absolute atomic E-state index is 13.4. The highest BCUT2D eigenvalue weighted by Crippen LogP contribution is 2.21. The highest BCUT2D eigenvalue weighted by Gasteiger charge is 2.23. The predicted molar refractivity (Wildman–Crippen MR) is 128 cm³/mol. The number of hydrogen-bond acceptors (Lipinski definition) is 5. The minimum absolute atomic E-state index is 0.107. The third kappa shape index (κ3) is 4.84. The summed E-state index contributed by atoms with van der Waals surface area (Å²) in [5.74, 6) is 0.264. The summed E-state index contributed by atoms with van der Waals surface area (Å²) in [6.07, 6.45) is 0. The lowest BCUT2D eigenvalue weighted by Gasteiger charge is -2.20. The summed E-state index contributed by atoms with van der Waals surface area (Å²) in [4.78, 5) is 18.1. The van der Waals surface area contributed by atoms with E-state index < -0.39 is 16.1 Å². The van der Waals surface area contributed by atoms with Gasteiger partial charge in [0.05, 0.1) is 34.1 Å². The first kappa shape index (κ1) is 23.1. The van der Waals surface area contributed by atoms with E-state index >= 15 is 0 Å². The quantitative estimate of drug-likeness (QED) is 0.425. The molecule has 4 rings (SSSR count). The van der Waals surface area contributed by atoms with E-state index in [-0.39, 0.29) is 16.3 Å². The molecule has 7 nitrogen and oxygen atoms in total. The Morgan fingerprint density at radius 2 is 1.70 bits per heavy atom. The lowest BCUT2D eigenvalue weighted by Crippen LogP contribution is -2.33. The second-order valence-corrected chi connectivity index (χ2v) is 9.67. The maximum Gasteiger partial charge on any atom is 0.266 e. The molecule has 0 amide bonds. The molecule has 1 N–H and O–H groups in total. The van der Waals surface area contributed by atoms with Crippen molar-refractivity contribution < 1.29 is 13.2 Å². The van der Waals surface area contributed by atoms with Crippen LogP contribution < -0.4 is 10.3 Å². The van der Waals surface area contributed by atoms with Gasteiger partial charge in [-0.2, -0.15) is 0 Å². The van der Waals surface area contributed by atoms with E-state index in [2.05, 4.69) is 9.71 Å². The first-order chi connectivity index (χ1) is 15.8. The standard InChI is InChI=1S/C24H22ClN3O4S/c1-16(27-33(30,31)20-13-7-17(8-14-20)15-32-2)23-26-22-6-4-3-5-21(22)24(29)28(23)19-11-9-18(25)10-12-19/h3-14,16,27H,15H2,1-2H3. The molecule has 0 fully saturated rings. The van der Waals surface area contributed by atoms with Gasteiger partial charge in [-0.15, -0.1) is 0 Å². The van der Waals surface area contributed by atoms with Crippen molar-refractivity contribution in [1.29, 1.82) is 0 Å². The molecule has 0 aliphatic heterocycles. The van der Waals surface area contributed by atoms with Crippen molar-refractivity contribution in [1.82, 2.24) is 14.3 Å². The Balaban J connectivity index is 1.78. The number of aromatic nitrogens is 2. The van der Waals surface area contributed by atoms with Crippen LogP contribution >= 0.6 is 11.6 Å². The summed E-state index contributed by atoms with van der Waals surface area (Å²) in [6.45, 7) is 2.04. The van der Waals surface area contributed by atoms with Gasteiger partial charge in [0, 0.05) is 12.1 Å². The molecule has 0 bridgehead atoms. The first-order valence-electron chi connectivity index (χ1n) is 10.2. The van der Waals surface area contributed by atoms with Crippen LogP contribution in [0.1, 0.15) is 24.4 Å². The Bertz CT molecular complexity index is 1450. The van der Waals surface area contributed by atoms with E-state index in [4.69, 9.17) is 16.3 Å². The smallest absolute Gasteiger partial charge is 0.266 e. The highest BCUT2D eigenvalue weighted by molar-refractivity contribution is 7.89. The molecule has 4 aromatic rings. The molecule has 0 spiro atoms. The fraction of sp³-hybridized carbons (Fsp3) is 0.167. The Kier molecular flexibility index (Phi) is 6.62. The van der Waals surface area contributed by atoms with Gasteiger partial charge in [0.2, 0.25) is 10.0 Å². The maximum atomic E-state index is 13.4. The second kappa shape index (κ2) is 9.44. The molecule has 1 heterocycles. The number of benzene rings is 3. The Labute approximate surface area is 196 Å². The van der Waals surface area contributed by atoms with Gasteiger partial charge in [0.15, 0.2) is 0 Å². The fourth-order valence-corrected chi connectivity index (χ4v) is 4.89. The summed E-state index contributed by atoms with van der Waals surface area (Å²) in [6, 6.07) is 19.3. The third-order valence-electron chi connectivity index (χ3n) is 5.15. The van der Waals surface area contributed by atoms with Gasteiger partial charge in [-0.1, -0.05) is 35.9 Å². The zero-order valence-electron chi connectivity index (χ0n) is 18.0. The number of fused-ring (bicyclic) bond motifs is 1. The van der Waals surface area contributed by atoms with E-state index in [1.54, 1.807) is 74.7 Å². The van der Waals surface area contributed by atoms with Gasteiger partial charge < -0.3 is 4.74 Å². The highest BCUT2D eigenvalue weighted by atomic mass is 35.5. The zero-order chi connectivity index (χ0) is 23.6. The van der Waals surface area contributed by atoms with Crippen molar-refractivity contribution in [3.05, 3.63) is 99.6 Å². The van der Waals surface area contributed by atoms with Crippen LogP contribution in [0.15, 0.2) is 82.5 Å². The molecule has 0 radical (unpaired) electrons. The summed E-state index contributed by atoms with van der Waals surface area (Å²) < 4.78 is 35.2. The van der Waals surface area contributed by atoms with E-state index in [0.29, 0.717) is 28.2 Å². The van der Waals surface area contributed by atoms with Gasteiger partial charge in [-0.05, 0) is 61.0 Å². The number of hydrogen-bond donors (Lipinski definition) is 1. The molecular formula is C24H22ClN3O4S. The van der Waals surface area contributed by atoms with E-state index in [1.165, 1.54) is 16.7 Å². The number of ether oxygens (including phenoxy) is 1. The molecule has 3 aromatic carbocycles. The Hall–Kier alpha value is -3.04. The third-order valence-corrected chi connectivity index (χ3v) is 6.96. The van der Waals surface area contributed by atoms with Crippen LogP contribution in [0.5, 0.6) is 0 Å². The zero-order valence-corrected chi connectivity index (χ0v) is 19.6. The van der Waals surface area contributed by atoms with Crippen LogP contribution in [0.4, 0.5) is 0 Å². The lowest BCUT2D eigenvalue weighted by molar-refractivity contribution is 0.185. The average molecular weight is 484 g/mol. The number of nitrogens with one attached hydrogen (secondary N) is 1. The van der Waals surface area contributed by atoms with E-state index in [9.17, 15) is 13.2 Å². The monoisotopic (exact) mass is 483 g/mol. The van der Waals surface area contributed by atoms with Gasteiger partial charge in [0.25, 0.3) is 5.56 Å². The molecule has 33 heavy (non-hydrogen) atoms. The van der Waals surface area contributed by atoms with Crippen LogP contribution in [0.2, 0.25) is 5.02 Å². The molecule has 0 aliphatic rings. The molecular weight excluding hydrogens is 462 g/mol. The van der Waals surface area contributed by atoms with Crippen LogP contribution in [0, 0.1) is 0 Å². The largest absolute Gasteiger partial charge is 0.380 e. The summed E-state index contributed by atoms with van der Waals surface area (Å²) in [5, 5.41) is 0.952. The van der Waals surface area contributed by atoms with Crippen LogP contribution in [0.25, 0.3) is 16.6 Å². The van der Waals surface area contributed by atoms with Gasteiger partial charge >= 0.3 is 0 Å². The minimum Gasteiger partial charge on any atom is -0.380 e. The summed E-state index contributed by atoms with van der Waals surface area (Å²) in [7, 11) is -2.30. The molecule has 0 saturated carbocycles. The van der Waals surface area contributed by atoms with Crippen LogP contribution in [-0.4, -0.2) is 25.1 Å². The Morgan fingerprint density at radius 3 is 2.36 bits per heavy atom. The van der Waals surface area contributed by atoms with Crippen molar-refractivity contribution in [3.63, 3.8) is 0 Å². The number of nitrogens with zero attached hydrogens (tertiary/aromatic N) is 2. The molecule has 0 saturated heterocycles. The van der Waals surface area contributed by atoms with Crippen molar-refractivity contribution in [2.45, 2.75) is 24.5 Å². The second-order valence-electron chi connectivity index (χ2n) is 7.52. The van der Waals surface area contributed by atoms with Crippen molar-refractivity contribution in [2.75, 3.05) is 7.11 Å². The minimum atomic E-state index is -3.88. The number of halogens is 1. The lowest BCUT2D eigenvalue weighted by atomic mass is 10.2. The molecule has 1 atom stereocenters. The predicted octanol–water partition coefficient (Wildman–Crippen LogP) is 4.23. The van der Waals surface area contributed by atoms with Gasteiger partial charge in [0.1, 0.15) is 5.82 Å². The van der Waals surface area contributed by atoms with Crippen molar-refractivity contribution in [2.24, 2.45) is 0 Å². The topological polar surface area (TPSA) is 90.3 Å². The number of rotatable bonds is 7. The van der Waals surface area contributed by atoms with Crippen LogP contribution in [-0.2, 0) is 21.4 Å². The molecule has 9 heteroatoms. The Morgan fingerprint density at radius 1 is 1.03 bits per heavy atom. The van der Waals surface area contributed by atoms with Crippen molar-refractivity contribution in [3.8, 4) is 5.69 Å². The van der Waals surface area contributed by atoms with Gasteiger partial charge in [-0.25, -0.2) is 18.1 Å². The summed E-state index contributed by atoms with van der Waals surface area (Å²) in [5.41, 5.74) is 1.58. The van der Waals surface area contributed by atoms with Crippen molar-refractivity contribution >= 4 is 32.5 Å². The van der Waals surface area contributed by atoms with E-state index in [0.717, 1.165) is 5.56 Å². The number of methoxy groups -OCH3 is 1. The van der Waals surface area contributed by atoms with E-state index in [1.807, 2.05) is 0 Å². The number of sulfonamides is 1. The molecule has 170 valence electrons. The normalized spacial score (nSPS) is 12.7. The fourth-order valence-electron chi connectivity index (χ4n) is 3.57. The SMILES string of the molecule is COCc1ccc(S(=O)(=O)NC(C)c2nc3ccccc3c(=O)n2-c2ccc(Cl)cc2)cc1. The summed E-state index contributed by atoms with van der Waals surface area (Å²) >= 11 is 6.02. The first-order valence-corrected chi connectivity index (χ1v) is 12.0. The van der Waals surface area contributed by atoms with Crippen LogP contribution in [0.3, 0.4) is 0 Å². The number of para-hydroxylation sites is 1. The average Bonchev–Trinajstić information content (AvgIpc) is 2.80.